The highest BCUT2D eigenvalue weighted by Crippen LogP contribution is 2.27. The molecule has 0 atom stereocenters. The first-order valence-electron chi connectivity index (χ1n) is 7.26. The van der Waals surface area contributed by atoms with Crippen molar-refractivity contribution in [1.82, 2.24) is 4.72 Å². The maximum absolute atomic E-state index is 12.3. The molecule has 0 saturated carbocycles. The van der Waals surface area contributed by atoms with Crippen molar-refractivity contribution in [1.29, 1.82) is 0 Å². The number of sulfonamides is 1. The summed E-state index contributed by atoms with van der Waals surface area (Å²) in [7, 11) is -3.79. The zero-order valence-electron chi connectivity index (χ0n) is 13.6. The normalized spacial score (nSPS) is 10.9. The Hall–Kier alpha value is -1.84. The minimum atomic E-state index is -3.79. The minimum absolute atomic E-state index is 0.0256. The molecular formula is C18H15Cl2NO3S. The molecule has 2 rings (SSSR count). The Labute approximate surface area is 157 Å². The average Bonchev–Trinajstić information content (AvgIpc) is 2.55. The molecule has 0 aromatic heterocycles. The molecule has 0 amide bonds. The minimum Gasteiger partial charge on any atom is -0.295 e. The Morgan fingerprint density at radius 2 is 1.76 bits per heavy atom. The number of carbonyl (C=O) groups is 1. The number of ketones is 1. The molecule has 1 N–H and O–H groups in total. The highest BCUT2D eigenvalue weighted by molar-refractivity contribution is 7.89. The third kappa shape index (κ3) is 5.07. The first kappa shape index (κ1) is 19.5. The molecule has 7 heteroatoms. The van der Waals surface area contributed by atoms with E-state index >= 15 is 0 Å². The summed E-state index contributed by atoms with van der Waals surface area (Å²) in [6, 6.07) is 9.57. The van der Waals surface area contributed by atoms with Crippen molar-refractivity contribution in [3.05, 3.63) is 63.1 Å². The highest BCUT2D eigenvalue weighted by atomic mass is 35.5. The Kier molecular flexibility index (Phi) is 6.26. The maximum atomic E-state index is 12.3. The number of aryl methyl sites for hydroxylation is 1. The fourth-order valence-corrected chi connectivity index (χ4v) is 3.73. The largest absolute Gasteiger partial charge is 0.295 e. The van der Waals surface area contributed by atoms with Crippen LogP contribution >= 0.6 is 23.2 Å². The van der Waals surface area contributed by atoms with Gasteiger partial charge in [-0.25, -0.2) is 8.42 Å². The molecule has 0 bridgehead atoms. The monoisotopic (exact) mass is 395 g/mol. The average molecular weight is 396 g/mol. The second-order valence-electron chi connectivity index (χ2n) is 5.29. The van der Waals surface area contributed by atoms with E-state index in [1.54, 1.807) is 31.2 Å². The number of nitrogens with one attached hydrogen (secondary N) is 1. The van der Waals surface area contributed by atoms with Gasteiger partial charge in [-0.05, 0) is 43.7 Å². The van der Waals surface area contributed by atoms with Gasteiger partial charge < -0.3 is 0 Å². The summed E-state index contributed by atoms with van der Waals surface area (Å²) in [5.41, 5.74) is 1.90. The molecule has 0 heterocycles. The van der Waals surface area contributed by atoms with Crippen LogP contribution in [0.1, 0.15) is 28.4 Å². The number of halogens is 2. The summed E-state index contributed by atoms with van der Waals surface area (Å²) >= 11 is 11.9. The van der Waals surface area contributed by atoms with Crippen LogP contribution in [0.15, 0.2) is 41.3 Å². The van der Waals surface area contributed by atoms with Gasteiger partial charge in [0, 0.05) is 16.1 Å². The first-order chi connectivity index (χ1) is 11.7. The predicted octanol–water partition coefficient (Wildman–Crippen LogP) is 3.83. The summed E-state index contributed by atoms with van der Waals surface area (Å²) in [5, 5.41) is 0.452. The van der Waals surface area contributed by atoms with Crippen molar-refractivity contribution in [3.8, 4) is 11.8 Å². The molecule has 0 fully saturated rings. The van der Waals surface area contributed by atoms with Crippen molar-refractivity contribution in [2.24, 2.45) is 0 Å². The standard InChI is InChI=1S/C18H15Cl2NO3S/c1-12-10-18(17(20)11-16(12)19)25(23,24)21-9-3-4-14-5-7-15(8-6-14)13(2)22/h5-8,10-11,21H,9H2,1-2H3. The first-order valence-corrected chi connectivity index (χ1v) is 9.50. The molecule has 0 saturated heterocycles. The van der Waals surface area contributed by atoms with E-state index in [0.717, 1.165) is 0 Å². The van der Waals surface area contributed by atoms with Crippen molar-refractivity contribution in [2.45, 2.75) is 18.7 Å². The van der Waals surface area contributed by atoms with Crippen LogP contribution in [0.2, 0.25) is 10.0 Å². The summed E-state index contributed by atoms with van der Waals surface area (Å²) in [6.45, 7) is 3.11. The van der Waals surface area contributed by atoms with E-state index in [2.05, 4.69) is 16.6 Å². The van der Waals surface area contributed by atoms with Crippen LogP contribution in [-0.2, 0) is 10.0 Å². The lowest BCUT2D eigenvalue weighted by molar-refractivity contribution is 0.101. The van der Waals surface area contributed by atoms with E-state index in [9.17, 15) is 13.2 Å². The van der Waals surface area contributed by atoms with Crippen LogP contribution in [-0.4, -0.2) is 20.7 Å². The topological polar surface area (TPSA) is 63.2 Å². The van der Waals surface area contributed by atoms with Crippen molar-refractivity contribution in [2.75, 3.05) is 6.54 Å². The van der Waals surface area contributed by atoms with Gasteiger partial charge in [0.05, 0.1) is 11.6 Å². The van der Waals surface area contributed by atoms with Crippen molar-refractivity contribution in [3.63, 3.8) is 0 Å². The Balaban J connectivity index is 2.09. The number of rotatable bonds is 4. The Morgan fingerprint density at radius 1 is 1.12 bits per heavy atom. The van der Waals surface area contributed by atoms with E-state index in [-0.39, 0.29) is 22.2 Å². The van der Waals surface area contributed by atoms with Crippen LogP contribution in [0.5, 0.6) is 0 Å². The van der Waals surface area contributed by atoms with E-state index < -0.39 is 10.0 Å². The van der Waals surface area contributed by atoms with Gasteiger partial charge in [0.2, 0.25) is 10.0 Å². The Bertz CT molecular complexity index is 972. The fraction of sp³-hybridized carbons (Fsp3) is 0.167. The summed E-state index contributed by atoms with van der Waals surface area (Å²) in [5.74, 6) is 5.53. The van der Waals surface area contributed by atoms with E-state index in [1.807, 2.05) is 0 Å². The lowest BCUT2D eigenvalue weighted by Crippen LogP contribution is -2.24. The lowest BCUT2D eigenvalue weighted by atomic mass is 10.1. The van der Waals surface area contributed by atoms with Gasteiger partial charge in [-0.1, -0.05) is 47.2 Å². The van der Waals surface area contributed by atoms with Gasteiger partial charge in [0.15, 0.2) is 5.78 Å². The molecular weight excluding hydrogens is 381 g/mol. The molecule has 0 spiro atoms. The predicted molar refractivity (Wildman–Crippen MR) is 99.7 cm³/mol. The second kappa shape index (κ2) is 8.03. The molecule has 2 aromatic carbocycles. The summed E-state index contributed by atoms with van der Waals surface area (Å²) in [4.78, 5) is 11.2. The van der Waals surface area contributed by atoms with Gasteiger partial charge in [-0.2, -0.15) is 4.72 Å². The van der Waals surface area contributed by atoms with Crippen molar-refractivity contribution >= 4 is 39.0 Å². The number of benzene rings is 2. The zero-order valence-corrected chi connectivity index (χ0v) is 15.9. The van der Waals surface area contributed by atoms with Crippen LogP contribution in [0, 0.1) is 18.8 Å². The fourth-order valence-electron chi connectivity index (χ4n) is 1.98. The molecule has 130 valence electrons. The molecule has 0 aliphatic heterocycles. The van der Waals surface area contributed by atoms with Gasteiger partial charge in [0.1, 0.15) is 4.90 Å². The maximum Gasteiger partial charge on any atom is 0.242 e. The van der Waals surface area contributed by atoms with Gasteiger partial charge in [0.25, 0.3) is 0 Å². The lowest BCUT2D eigenvalue weighted by Gasteiger charge is -2.08. The molecule has 2 aromatic rings. The third-order valence-corrected chi connectivity index (χ3v) is 5.65. The molecule has 0 radical (unpaired) electrons. The molecule has 25 heavy (non-hydrogen) atoms. The smallest absolute Gasteiger partial charge is 0.242 e. The third-order valence-electron chi connectivity index (χ3n) is 3.38. The van der Waals surface area contributed by atoms with Crippen LogP contribution in [0.4, 0.5) is 0 Å². The molecule has 0 aliphatic carbocycles. The number of carbonyl (C=O) groups excluding carboxylic acids is 1. The van der Waals surface area contributed by atoms with E-state index in [0.29, 0.717) is 21.7 Å². The van der Waals surface area contributed by atoms with Crippen LogP contribution in [0.3, 0.4) is 0 Å². The molecule has 4 nitrogen and oxygen atoms in total. The Morgan fingerprint density at radius 3 is 2.36 bits per heavy atom. The zero-order chi connectivity index (χ0) is 18.6. The molecule has 0 unspecified atom stereocenters. The summed E-state index contributed by atoms with van der Waals surface area (Å²) in [6.07, 6.45) is 0. The van der Waals surface area contributed by atoms with E-state index in [1.165, 1.54) is 19.1 Å². The van der Waals surface area contributed by atoms with Crippen LogP contribution in [0.25, 0.3) is 0 Å². The SMILES string of the molecule is CC(=O)c1ccc(C#CCNS(=O)(=O)c2cc(C)c(Cl)cc2Cl)cc1. The van der Waals surface area contributed by atoms with E-state index in [4.69, 9.17) is 23.2 Å². The van der Waals surface area contributed by atoms with Crippen LogP contribution < -0.4 is 4.72 Å². The van der Waals surface area contributed by atoms with Gasteiger partial charge >= 0.3 is 0 Å². The van der Waals surface area contributed by atoms with Gasteiger partial charge in [-0.3, -0.25) is 4.79 Å². The second-order valence-corrected chi connectivity index (χ2v) is 7.84. The molecule has 0 aliphatic rings. The number of hydrogen-bond acceptors (Lipinski definition) is 3. The summed E-state index contributed by atoms with van der Waals surface area (Å²) < 4.78 is 27.0. The quantitative estimate of drug-likeness (QED) is 0.631. The number of Topliss-reactive ketones (excluding diaryl/α,β-unsaturated/α-hetero) is 1. The number of hydrogen-bond donors (Lipinski definition) is 1. The van der Waals surface area contributed by atoms with Gasteiger partial charge in [-0.15, -0.1) is 0 Å². The van der Waals surface area contributed by atoms with Crippen molar-refractivity contribution < 1.29 is 13.2 Å². The highest BCUT2D eigenvalue weighted by Gasteiger charge is 2.18.